The van der Waals surface area contributed by atoms with Gasteiger partial charge in [0.2, 0.25) is 5.91 Å². The number of benzene rings is 2. The molecule has 3 rings (SSSR count). The van der Waals surface area contributed by atoms with E-state index in [9.17, 15) is 30.8 Å². The molecule has 2 aromatic carbocycles. The molecule has 0 heterocycles. The summed E-state index contributed by atoms with van der Waals surface area (Å²) in [5.41, 5.74) is 0.688. The number of alkyl halides is 3. The second kappa shape index (κ2) is 9.33. The highest BCUT2D eigenvalue weighted by Crippen LogP contribution is 2.48. The average Bonchev–Trinajstić information content (AvgIpc) is 3.51. The third-order valence-electron chi connectivity index (χ3n) is 4.55. The van der Waals surface area contributed by atoms with E-state index in [0.717, 1.165) is 36.6 Å². The van der Waals surface area contributed by atoms with Crippen LogP contribution in [0.2, 0.25) is 5.02 Å². The topological polar surface area (TPSA) is 113 Å². The minimum absolute atomic E-state index is 0.0400. The largest absolute Gasteiger partial charge is 0.490 e. The second-order valence-electron chi connectivity index (χ2n) is 6.72. The maximum atomic E-state index is 13.2. The number of carbonyl (C=O) groups excluding carboxylic acids is 1. The van der Waals surface area contributed by atoms with E-state index in [1.807, 2.05) is 0 Å². The molecular weight excluding hydrogens is 480 g/mol. The van der Waals surface area contributed by atoms with Crippen molar-refractivity contribution in [2.24, 2.45) is 0 Å². The Morgan fingerprint density at radius 3 is 2.03 bits per heavy atom. The summed E-state index contributed by atoms with van der Waals surface area (Å²) in [6.45, 7) is 0. The first-order chi connectivity index (χ1) is 14.7. The molecule has 1 saturated carbocycles. The van der Waals surface area contributed by atoms with E-state index in [-0.39, 0.29) is 15.8 Å². The first kappa shape index (κ1) is 25.4. The zero-order valence-electron chi connectivity index (χ0n) is 16.3. The molecule has 0 aromatic heterocycles. The number of hydrogen-bond acceptors (Lipinski definition) is 4. The maximum absolute atomic E-state index is 13.2. The molecule has 13 heteroatoms. The number of anilines is 1. The van der Waals surface area contributed by atoms with Crippen LogP contribution in [0.5, 0.6) is 0 Å². The van der Waals surface area contributed by atoms with Gasteiger partial charge in [0.1, 0.15) is 5.82 Å². The zero-order valence-corrected chi connectivity index (χ0v) is 17.9. The number of rotatable bonds is 5. The number of carboxylic acids is 1. The summed E-state index contributed by atoms with van der Waals surface area (Å²) in [7, 11) is -2.29. The van der Waals surface area contributed by atoms with Gasteiger partial charge < -0.3 is 10.4 Å². The van der Waals surface area contributed by atoms with E-state index in [2.05, 4.69) is 10.0 Å². The standard InChI is InChI=1S/C17H16ClFN2O3S.C2HF3O2/c1-20-16(22)17(8-9-17)11-2-4-12(5-3-11)21-25(23,24)13-6-7-15(19)14(18)10-13;3-2(4,5)1(6)7/h2-7,10,21H,8-9H2,1H3,(H,20,22);(H,6,7). The molecule has 1 fully saturated rings. The van der Waals surface area contributed by atoms with Gasteiger partial charge in [-0.1, -0.05) is 23.7 Å². The fraction of sp³-hybridized carbons (Fsp3) is 0.263. The van der Waals surface area contributed by atoms with Gasteiger partial charge in [-0.05, 0) is 48.7 Å². The number of aliphatic carboxylic acids is 1. The molecule has 0 atom stereocenters. The van der Waals surface area contributed by atoms with Crippen molar-refractivity contribution >= 4 is 39.2 Å². The zero-order chi connectivity index (χ0) is 24.3. The molecule has 1 aliphatic carbocycles. The minimum Gasteiger partial charge on any atom is -0.475 e. The predicted molar refractivity (Wildman–Crippen MR) is 107 cm³/mol. The average molecular weight is 497 g/mol. The van der Waals surface area contributed by atoms with Crippen molar-refractivity contribution in [3.8, 4) is 0 Å². The quantitative estimate of drug-likeness (QED) is 0.546. The highest BCUT2D eigenvalue weighted by atomic mass is 35.5. The Hall–Kier alpha value is -2.86. The third-order valence-corrected chi connectivity index (χ3v) is 6.21. The minimum atomic E-state index is -5.08. The summed E-state index contributed by atoms with van der Waals surface area (Å²) in [4.78, 5) is 20.8. The van der Waals surface area contributed by atoms with Gasteiger partial charge in [-0.2, -0.15) is 13.2 Å². The van der Waals surface area contributed by atoms with E-state index in [1.54, 1.807) is 31.3 Å². The monoisotopic (exact) mass is 496 g/mol. The lowest BCUT2D eigenvalue weighted by molar-refractivity contribution is -0.192. The van der Waals surface area contributed by atoms with E-state index in [0.29, 0.717) is 5.69 Å². The first-order valence-electron chi connectivity index (χ1n) is 8.83. The predicted octanol–water partition coefficient (Wildman–Crippen LogP) is 3.69. The second-order valence-corrected chi connectivity index (χ2v) is 8.81. The van der Waals surface area contributed by atoms with Crippen LogP contribution in [0.25, 0.3) is 0 Å². The third kappa shape index (κ3) is 5.88. The molecule has 0 unspecified atom stereocenters. The molecule has 3 N–H and O–H groups in total. The molecule has 0 spiro atoms. The molecule has 7 nitrogen and oxygen atoms in total. The van der Waals surface area contributed by atoms with Crippen molar-refractivity contribution in [3.05, 3.63) is 58.9 Å². The summed E-state index contributed by atoms with van der Waals surface area (Å²) in [6.07, 6.45) is -3.54. The molecule has 0 aliphatic heterocycles. The van der Waals surface area contributed by atoms with E-state index < -0.39 is 33.4 Å². The summed E-state index contributed by atoms with van der Waals surface area (Å²) in [5.74, 6) is -3.48. The Morgan fingerprint density at radius 1 is 1.09 bits per heavy atom. The normalized spacial score (nSPS) is 14.6. The molecule has 0 radical (unpaired) electrons. The first-order valence-corrected chi connectivity index (χ1v) is 10.7. The van der Waals surface area contributed by atoms with Gasteiger partial charge in [-0.15, -0.1) is 0 Å². The van der Waals surface area contributed by atoms with Crippen molar-refractivity contribution < 1.29 is 40.7 Å². The molecule has 2 aromatic rings. The van der Waals surface area contributed by atoms with Crippen LogP contribution >= 0.6 is 11.6 Å². The van der Waals surface area contributed by atoms with Crippen LogP contribution in [0.3, 0.4) is 0 Å². The van der Waals surface area contributed by atoms with Crippen LogP contribution in [-0.4, -0.2) is 38.6 Å². The van der Waals surface area contributed by atoms with Gasteiger partial charge in [0.25, 0.3) is 10.0 Å². The van der Waals surface area contributed by atoms with Gasteiger partial charge >= 0.3 is 12.1 Å². The van der Waals surface area contributed by atoms with E-state index in [4.69, 9.17) is 21.5 Å². The van der Waals surface area contributed by atoms with Crippen molar-refractivity contribution in [1.29, 1.82) is 0 Å². The highest BCUT2D eigenvalue weighted by molar-refractivity contribution is 7.92. The number of sulfonamides is 1. The SMILES string of the molecule is CNC(=O)C1(c2ccc(NS(=O)(=O)c3ccc(F)c(Cl)c3)cc2)CC1.O=C(O)C(F)(F)F. The smallest absolute Gasteiger partial charge is 0.475 e. The van der Waals surface area contributed by atoms with Crippen LogP contribution < -0.4 is 10.0 Å². The summed E-state index contributed by atoms with van der Waals surface area (Å²) in [5, 5.41) is 9.52. The highest BCUT2D eigenvalue weighted by Gasteiger charge is 2.50. The van der Waals surface area contributed by atoms with Gasteiger partial charge in [0.15, 0.2) is 0 Å². The number of carbonyl (C=O) groups is 2. The van der Waals surface area contributed by atoms with Crippen LogP contribution in [0.1, 0.15) is 18.4 Å². The van der Waals surface area contributed by atoms with Crippen molar-refractivity contribution in [2.75, 3.05) is 11.8 Å². The fourth-order valence-corrected chi connectivity index (χ4v) is 4.06. The maximum Gasteiger partial charge on any atom is 0.490 e. The number of nitrogens with one attached hydrogen (secondary N) is 2. The Bertz CT molecular complexity index is 1120. The number of carboxylic acid groups (broad SMARTS) is 1. The van der Waals surface area contributed by atoms with Crippen LogP contribution in [0.15, 0.2) is 47.4 Å². The van der Waals surface area contributed by atoms with Crippen LogP contribution in [-0.2, 0) is 25.0 Å². The van der Waals surface area contributed by atoms with Crippen molar-refractivity contribution in [1.82, 2.24) is 5.32 Å². The summed E-state index contributed by atoms with van der Waals surface area (Å²) < 4.78 is 72.1. The molecule has 0 saturated heterocycles. The Balaban J connectivity index is 0.000000451. The Morgan fingerprint density at radius 2 is 1.62 bits per heavy atom. The van der Waals surface area contributed by atoms with Gasteiger partial charge in [0, 0.05) is 12.7 Å². The number of hydrogen-bond donors (Lipinski definition) is 3. The number of likely N-dealkylation sites (N-methyl/N-ethyl adjacent to an activating group) is 1. The van der Waals surface area contributed by atoms with Gasteiger partial charge in [-0.25, -0.2) is 17.6 Å². The van der Waals surface area contributed by atoms with Crippen LogP contribution in [0.4, 0.5) is 23.2 Å². The lowest BCUT2D eigenvalue weighted by atomic mass is 9.95. The lowest BCUT2D eigenvalue weighted by Gasteiger charge is -2.15. The number of amides is 1. The summed E-state index contributed by atoms with van der Waals surface area (Å²) >= 11 is 5.64. The lowest BCUT2D eigenvalue weighted by Crippen LogP contribution is -2.31. The molecule has 32 heavy (non-hydrogen) atoms. The number of halogens is 5. The van der Waals surface area contributed by atoms with Crippen LogP contribution in [0, 0.1) is 5.82 Å². The summed E-state index contributed by atoms with van der Waals surface area (Å²) in [6, 6.07) is 9.86. The van der Waals surface area contributed by atoms with E-state index >= 15 is 0 Å². The van der Waals surface area contributed by atoms with E-state index in [1.165, 1.54) is 0 Å². The molecule has 174 valence electrons. The fourth-order valence-electron chi connectivity index (χ4n) is 2.73. The Labute approximate surface area is 185 Å². The molecular formula is C19H17ClF4N2O5S. The van der Waals surface area contributed by atoms with Gasteiger partial charge in [-0.3, -0.25) is 9.52 Å². The molecule has 1 amide bonds. The van der Waals surface area contributed by atoms with Gasteiger partial charge in [0.05, 0.1) is 15.3 Å². The van der Waals surface area contributed by atoms with Crippen molar-refractivity contribution in [2.45, 2.75) is 29.3 Å². The molecule has 0 bridgehead atoms. The Kier molecular flexibility index (Phi) is 7.40. The molecule has 1 aliphatic rings. The van der Waals surface area contributed by atoms with Crippen molar-refractivity contribution in [3.63, 3.8) is 0 Å².